The molecule has 1 aromatic carbocycles. The maximum Gasteiger partial charge on any atom is 0.251 e. The van der Waals surface area contributed by atoms with Crippen molar-refractivity contribution in [2.45, 2.75) is 50.0 Å². The molecule has 1 amide bonds. The van der Waals surface area contributed by atoms with E-state index >= 15 is 0 Å². The van der Waals surface area contributed by atoms with Crippen molar-refractivity contribution < 1.29 is 13.2 Å². The SMILES string of the molecule is O=C(NCc1ccnc(N2CCCC2)c1)c1ccc(S(=O)(=O)N2CCCCCC2)cc1. The third kappa shape index (κ3) is 5.25. The molecule has 4 rings (SSSR count). The Labute approximate surface area is 184 Å². The number of carbonyl (C=O) groups excluding carboxylic acids is 1. The van der Waals surface area contributed by atoms with Crippen LogP contribution >= 0.6 is 0 Å². The molecule has 1 N–H and O–H groups in total. The molecule has 0 atom stereocenters. The molecule has 0 aliphatic carbocycles. The van der Waals surface area contributed by atoms with Crippen molar-refractivity contribution in [1.29, 1.82) is 0 Å². The summed E-state index contributed by atoms with van der Waals surface area (Å²) in [6.07, 6.45) is 8.09. The molecule has 31 heavy (non-hydrogen) atoms. The zero-order chi connectivity index (χ0) is 21.7. The van der Waals surface area contributed by atoms with Gasteiger partial charge in [-0.15, -0.1) is 0 Å². The van der Waals surface area contributed by atoms with Gasteiger partial charge in [0.1, 0.15) is 5.82 Å². The second-order valence-electron chi connectivity index (χ2n) is 8.24. The van der Waals surface area contributed by atoms with Gasteiger partial charge in [0.25, 0.3) is 5.91 Å². The lowest BCUT2D eigenvalue weighted by Crippen LogP contribution is -2.32. The van der Waals surface area contributed by atoms with Gasteiger partial charge in [0.05, 0.1) is 4.90 Å². The summed E-state index contributed by atoms with van der Waals surface area (Å²) in [4.78, 5) is 19.5. The first kappa shape index (κ1) is 21.8. The van der Waals surface area contributed by atoms with Gasteiger partial charge in [-0.05, 0) is 67.6 Å². The average molecular weight is 443 g/mol. The Balaban J connectivity index is 1.38. The fraction of sp³-hybridized carbons (Fsp3) is 0.478. The Bertz CT molecular complexity index is 994. The van der Waals surface area contributed by atoms with Crippen LogP contribution in [0.4, 0.5) is 5.82 Å². The number of benzene rings is 1. The first-order valence-electron chi connectivity index (χ1n) is 11.1. The summed E-state index contributed by atoms with van der Waals surface area (Å²) >= 11 is 0. The van der Waals surface area contributed by atoms with E-state index in [0.29, 0.717) is 25.2 Å². The van der Waals surface area contributed by atoms with E-state index in [2.05, 4.69) is 15.2 Å². The van der Waals surface area contributed by atoms with Crippen LogP contribution < -0.4 is 10.2 Å². The van der Waals surface area contributed by atoms with Gasteiger partial charge in [0.2, 0.25) is 10.0 Å². The summed E-state index contributed by atoms with van der Waals surface area (Å²) in [7, 11) is -3.51. The van der Waals surface area contributed by atoms with Crippen molar-refractivity contribution in [1.82, 2.24) is 14.6 Å². The van der Waals surface area contributed by atoms with Gasteiger partial charge in [-0.1, -0.05) is 12.8 Å². The zero-order valence-electron chi connectivity index (χ0n) is 17.8. The molecule has 2 aliphatic heterocycles. The molecule has 0 radical (unpaired) electrons. The van der Waals surface area contributed by atoms with Crippen LogP contribution in [0.5, 0.6) is 0 Å². The van der Waals surface area contributed by atoms with E-state index in [0.717, 1.165) is 50.2 Å². The van der Waals surface area contributed by atoms with Crippen LogP contribution in [0.3, 0.4) is 0 Å². The highest BCUT2D eigenvalue weighted by atomic mass is 32.2. The average Bonchev–Trinajstić information content (AvgIpc) is 3.19. The Hall–Kier alpha value is -2.45. The number of nitrogens with zero attached hydrogens (tertiary/aromatic N) is 3. The Morgan fingerprint density at radius 3 is 2.23 bits per heavy atom. The molecule has 0 saturated carbocycles. The van der Waals surface area contributed by atoms with Gasteiger partial charge in [-0.25, -0.2) is 13.4 Å². The van der Waals surface area contributed by atoms with Crippen molar-refractivity contribution in [2.75, 3.05) is 31.1 Å². The van der Waals surface area contributed by atoms with Crippen molar-refractivity contribution in [3.05, 3.63) is 53.7 Å². The van der Waals surface area contributed by atoms with Crippen LogP contribution in [-0.4, -0.2) is 49.8 Å². The molecular formula is C23H30N4O3S. The number of aromatic nitrogens is 1. The molecule has 2 saturated heterocycles. The summed E-state index contributed by atoms with van der Waals surface area (Å²) in [5.74, 6) is 0.727. The monoisotopic (exact) mass is 442 g/mol. The van der Waals surface area contributed by atoms with Crippen LogP contribution in [0.2, 0.25) is 0 Å². The summed E-state index contributed by atoms with van der Waals surface area (Å²) in [5.41, 5.74) is 1.44. The molecule has 166 valence electrons. The van der Waals surface area contributed by atoms with Crippen LogP contribution in [0.25, 0.3) is 0 Å². The second-order valence-corrected chi connectivity index (χ2v) is 10.2. The van der Waals surface area contributed by atoms with Gasteiger partial charge >= 0.3 is 0 Å². The van der Waals surface area contributed by atoms with E-state index in [1.165, 1.54) is 25.0 Å². The standard InChI is InChI=1S/C23H30N4O3S/c28-23(25-18-19-11-12-24-22(17-19)26-13-5-6-14-26)20-7-9-21(10-8-20)31(29,30)27-15-3-1-2-4-16-27/h7-12,17H,1-6,13-16,18H2,(H,25,28). The van der Waals surface area contributed by atoms with Crippen LogP contribution in [0.15, 0.2) is 47.5 Å². The number of hydrogen-bond acceptors (Lipinski definition) is 5. The molecule has 0 unspecified atom stereocenters. The predicted molar refractivity (Wildman–Crippen MR) is 121 cm³/mol. The van der Waals surface area contributed by atoms with Gasteiger partial charge < -0.3 is 10.2 Å². The Morgan fingerprint density at radius 1 is 0.903 bits per heavy atom. The predicted octanol–water partition coefficient (Wildman–Crippen LogP) is 3.18. The fourth-order valence-corrected chi connectivity index (χ4v) is 5.70. The summed E-state index contributed by atoms with van der Waals surface area (Å²) in [6.45, 7) is 3.58. The minimum atomic E-state index is -3.51. The maximum absolute atomic E-state index is 12.9. The topological polar surface area (TPSA) is 82.6 Å². The van der Waals surface area contributed by atoms with Crippen LogP contribution in [0.1, 0.15) is 54.4 Å². The quantitative estimate of drug-likeness (QED) is 0.743. The lowest BCUT2D eigenvalue weighted by Gasteiger charge is -2.20. The lowest BCUT2D eigenvalue weighted by atomic mass is 10.2. The molecule has 7 nitrogen and oxygen atoms in total. The molecule has 3 heterocycles. The minimum Gasteiger partial charge on any atom is -0.357 e. The Morgan fingerprint density at radius 2 is 1.55 bits per heavy atom. The van der Waals surface area contributed by atoms with E-state index < -0.39 is 10.0 Å². The largest absolute Gasteiger partial charge is 0.357 e. The highest BCUT2D eigenvalue weighted by molar-refractivity contribution is 7.89. The fourth-order valence-electron chi connectivity index (χ4n) is 4.18. The molecule has 8 heteroatoms. The number of rotatable bonds is 6. The third-order valence-corrected chi connectivity index (χ3v) is 7.93. The van der Waals surface area contributed by atoms with Gasteiger partial charge in [0, 0.05) is 44.5 Å². The number of nitrogens with one attached hydrogen (secondary N) is 1. The van der Waals surface area contributed by atoms with E-state index in [1.54, 1.807) is 22.6 Å². The number of sulfonamides is 1. The highest BCUT2D eigenvalue weighted by Crippen LogP contribution is 2.21. The van der Waals surface area contributed by atoms with Gasteiger partial charge in [-0.3, -0.25) is 4.79 Å². The number of hydrogen-bond donors (Lipinski definition) is 1. The van der Waals surface area contributed by atoms with Crippen molar-refractivity contribution in [3.8, 4) is 0 Å². The number of pyridine rings is 1. The normalized spacial score (nSPS) is 18.0. The molecule has 0 spiro atoms. The number of anilines is 1. The number of amides is 1. The molecular weight excluding hydrogens is 412 g/mol. The van der Waals surface area contributed by atoms with E-state index in [4.69, 9.17) is 0 Å². The minimum absolute atomic E-state index is 0.224. The van der Waals surface area contributed by atoms with E-state index in [-0.39, 0.29) is 10.8 Å². The van der Waals surface area contributed by atoms with Gasteiger partial charge in [-0.2, -0.15) is 4.31 Å². The maximum atomic E-state index is 12.9. The summed E-state index contributed by atoms with van der Waals surface area (Å²) < 4.78 is 27.3. The first-order valence-corrected chi connectivity index (χ1v) is 12.6. The molecule has 2 aromatic rings. The Kier molecular flexibility index (Phi) is 6.87. The molecule has 0 bridgehead atoms. The third-order valence-electron chi connectivity index (χ3n) is 6.01. The summed E-state index contributed by atoms with van der Waals surface area (Å²) in [5, 5.41) is 2.92. The van der Waals surface area contributed by atoms with Crippen LogP contribution in [-0.2, 0) is 16.6 Å². The lowest BCUT2D eigenvalue weighted by molar-refractivity contribution is 0.0951. The highest BCUT2D eigenvalue weighted by Gasteiger charge is 2.25. The first-order chi connectivity index (χ1) is 15.0. The number of carbonyl (C=O) groups is 1. The zero-order valence-corrected chi connectivity index (χ0v) is 18.6. The van der Waals surface area contributed by atoms with Crippen molar-refractivity contribution in [3.63, 3.8) is 0 Å². The summed E-state index contributed by atoms with van der Waals surface area (Å²) in [6, 6.07) is 10.2. The molecule has 2 fully saturated rings. The molecule has 1 aromatic heterocycles. The van der Waals surface area contributed by atoms with Crippen molar-refractivity contribution >= 4 is 21.7 Å². The second kappa shape index (κ2) is 9.78. The van der Waals surface area contributed by atoms with E-state index in [1.807, 2.05) is 12.1 Å². The van der Waals surface area contributed by atoms with Crippen LogP contribution in [0, 0.1) is 0 Å². The van der Waals surface area contributed by atoms with Crippen molar-refractivity contribution in [2.24, 2.45) is 0 Å². The van der Waals surface area contributed by atoms with E-state index in [9.17, 15) is 13.2 Å². The molecule has 2 aliphatic rings. The smallest absolute Gasteiger partial charge is 0.251 e. The van der Waals surface area contributed by atoms with Gasteiger partial charge in [0.15, 0.2) is 0 Å².